The number of halogens is 1. The number of anilines is 2. The second-order valence-electron chi connectivity index (χ2n) is 5.06. The molecular weight excluding hydrogens is 278 g/mol. The molecule has 2 rings (SSSR count). The molecule has 1 aromatic rings. The van der Waals surface area contributed by atoms with E-state index in [4.69, 9.17) is 22.1 Å². The summed E-state index contributed by atoms with van der Waals surface area (Å²) in [5.74, 6) is -0.447. The number of benzene rings is 1. The minimum atomic E-state index is -0.447. The van der Waals surface area contributed by atoms with E-state index in [9.17, 15) is 4.79 Å². The fourth-order valence-electron chi connectivity index (χ4n) is 2.13. The first-order valence-electron chi connectivity index (χ1n) is 6.64. The summed E-state index contributed by atoms with van der Waals surface area (Å²) in [5.41, 5.74) is 7.11. The third-order valence-electron chi connectivity index (χ3n) is 3.45. The van der Waals surface area contributed by atoms with Crippen molar-refractivity contribution in [2.45, 2.75) is 18.9 Å². The molecule has 0 aromatic heterocycles. The molecule has 1 aliphatic carbocycles. The average Bonchev–Trinajstić information content (AvgIpc) is 3.24. The van der Waals surface area contributed by atoms with Crippen LogP contribution < -0.4 is 11.1 Å². The predicted octanol–water partition coefficient (Wildman–Crippen LogP) is 2.21. The number of hydrogen-bond donors (Lipinski definition) is 2. The number of likely N-dealkylation sites (N-methyl/N-ethyl adjacent to an activating group) is 1. The first-order chi connectivity index (χ1) is 9.52. The number of nitrogens with one attached hydrogen (secondary N) is 1. The third kappa shape index (κ3) is 3.55. The topological polar surface area (TPSA) is 67.6 Å². The Morgan fingerprint density at radius 3 is 2.85 bits per heavy atom. The van der Waals surface area contributed by atoms with E-state index in [1.165, 1.54) is 20.0 Å². The number of esters is 1. The van der Waals surface area contributed by atoms with Gasteiger partial charge in [-0.05, 0) is 32.0 Å². The van der Waals surface area contributed by atoms with Crippen LogP contribution in [0.2, 0.25) is 5.02 Å². The number of carbonyl (C=O) groups excluding carboxylic acids is 1. The zero-order valence-corrected chi connectivity index (χ0v) is 12.5. The second kappa shape index (κ2) is 6.33. The molecule has 0 saturated heterocycles. The maximum atomic E-state index is 11.8. The highest BCUT2D eigenvalue weighted by Gasteiger charge is 2.25. The van der Waals surface area contributed by atoms with Gasteiger partial charge in [0.25, 0.3) is 0 Å². The summed E-state index contributed by atoms with van der Waals surface area (Å²) >= 11 is 6.16. The number of nitrogens with zero attached hydrogens (tertiary/aromatic N) is 1. The van der Waals surface area contributed by atoms with Gasteiger partial charge in [0.15, 0.2) is 0 Å². The van der Waals surface area contributed by atoms with Crippen molar-refractivity contribution in [1.29, 1.82) is 0 Å². The van der Waals surface area contributed by atoms with Crippen LogP contribution in [0.4, 0.5) is 11.4 Å². The Bertz CT molecular complexity index is 503. The van der Waals surface area contributed by atoms with Crippen LogP contribution in [-0.2, 0) is 4.74 Å². The number of carbonyl (C=O) groups is 1. The van der Waals surface area contributed by atoms with Crippen LogP contribution in [0, 0.1) is 0 Å². The molecule has 0 amide bonds. The maximum absolute atomic E-state index is 11.8. The first-order valence-corrected chi connectivity index (χ1v) is 7.02. The van der Waals surface area contributed by atoms with Crippen molar-refractivity contribution in [3.8, 4) is 0 Å². The lowest BCUT2D eigenvalue weighted by atomic mass is 10.1. The van der Waals surface area contributed by atoms with Gasteiger partial charge >= 0.3 is 5.97 Å². The molecule has 0 atom stereocenters. The van der Waals surface area contributed by atoms with Crippen molar-refractivity contribution in [2.75, 3.05) is 38.3 Å². The Balaban J connectivity index is 2.06. The monoisotopic (exact) mass is 297 g/mol. The Kier molecular flexibility index (Phi) is 4.73. The van der Waals surface area contributed by atoms with Crippen molar-refractivity contribution in [1.82, 2.24) is 4.90 Å². The van der Waals surface area contributed by atoms with Gasteiger partial charge in [0.05, 0.1) is 23.4 Å². The fraction of sp³-hybridized carbons (Fsp3) is 0.500. The smallest absolute Gasteiger partial charge is 0.340 e. The number of methoxy groups -OCH3 is 1. The molecule has 1 fully saturated rings. The number of hydrogen-bond acceptors (Lipinski definition) is 5. The summed E-state index contributed by atoms with van der Waals surface area (Å²) in [6.07, 6.45) is 2.54. The predicted molar refractivity (Wildman–Crippen MR) is 81.3 cm³/mol. The van der Waals surface area contributed by atoms with E-state index in [0.29, 0.717) is 34.5 Å². The van der Waals surface area contributed by atoms with Gasteiger partial charge in [-0.25, -0.2) is 4.79 Å². The number of nitrogens with two attached hydrogens (primary N) is 1. The van der Waals surface area contributed by atoms with Gasteiger partial charge in [-0.3, -0.25) is 0 Å². The van der Waals surface area contributed by atoms with Crippen LogP contribution in [-0.4, -0.2) is 44.2 Å². The largest absolute Gasteiger partial charge is 0.465 e. The Labute approximate surface area is 124 Å². The van der Waals surface area contributed by atoms with Gasteiger partial charge in [-0.1, -0.05) is 11.6 Å². The molecule has 0 bridgehead atoms. The van der Waals surface area contributed by atoms with E-state index in [0.717, 1.165) is 6.54 Å². The molecule has 0 heterocycles. The van der Waals surface area contributed by atoms with Gasteiger partial charge in [0, 0.05) is 24.8 Å². The van der Waals surface area contributed by atoms with E-state index in [-0.39, 0.29) is 0 Å². The molecular formula is C14H20ClN3O2. The molecule has 0 spiro atoms. The summed E-state index contributed by atoms with van der Waals surface area (Å²) in [7, 11) is 3.44. The maximum Gasteiger partial charge on any atom is 0.340 e. The molecule has 20 heavy (non-hydrogen) atoms. The van der Waals surface area contributed by atoms with Crippen LogP contribution in [0.5, 0.6) is 0 Å². The molecule has 1 saturated carbocycles. The number of nitrogen functional groups attached to an aromatic ring is 1. The summed E-state index contributed by atoms with van der Waals surface area (Å²) in [6, 6.07) is 3.91. The lowest BCUT2D eigenvalue weighted by Gasteiger charge is -2.18. The van der Waals surface area contributed by atoms with Gasteiger partial charge in [0.1, 0.15) is 0 Å². The highest BCUT2D eigenvalue weighted by atomic mass is 35.5. The Morgan fingerprint density at radius 2 is 2.25 bits per heavy atom. The molecule has 0 radical (unpaired) electrons. The Morgan fingerprint density at radius 1 is 1.55 bits per heavy atom. The van der Waals surface area contributed by atoms with E-state index in [1.54, 1.807) is 12.1 Å². The summed E-state index contributed by atoms with van der Waals surface area (Å²) < 4.78 is 4.76. The first kappa shape index (κ1) is 14.9. The van der Waals surface area contributed by atoms with E-state index < -0.39 is 5.97 Å². The van der Waals surface area contributed by atoms with Crippen LogP contribution >= 0.6 is 11.6 Å². The van der Waals surface area contributed by atoms with Crippen molar-refractivity contribution in [3.63, 3.8) is 0 Å². The van der Waals surface area contributed by atoms with Gasteiger partial charge in [-0.15, -0.1) is 0 Å². The van der Waals surface area contributed by atoms with Crippen LogP contribution in [0.25, 0.3) is 0 Å². The quantitative estimate of drug-likeness (QED) is 0.622. The lowest BCUT2D eigenvalue weighted by molar-refractivity contribution is 0.0602. The summed E-state index contributed by atoms with van der Waals surface area (Å²) in [5, 5.41) is 3.64. The fourth-order valence-corrected chi connectivity index (χ4v) is 2.43. The highest BCUT2D eigenvalue weighted by molar-refractivity contribution is 6.34. The SMILES string of the molecule is COC(=O)c1cc(N)cc(Cl)c1NCCN(C)C1CC1. The standard InChI is InChI=1S/C14H20ClN3O2/c1-18(10-3-4-10)6-5-17-13-11(14(19)20-2)7-9(16)8-12(13)15/h7-8,10,17H,3-6,16H2,1-2H3. The van der Waals surface area contributed by atoms with Crippen LogP contribution in [0.15, 0.2) is 12.1 Å². The minimum Gasteiger partial charge on any atom is -0.465 e. The molecule has 6 heteroatoms. The van der Waals surface area contributed by atoms with Crippen molar-refractivity contribution in [3.05, 3.63) is 22.7 Å². The van der Waals surface area contributed by atoms with E-state index >= 15 is 0 Å². The summed E-state index contributed by atoms with van der Waals surface area (Å²) in [4.78, 5) is 14.1. The van der Waals surface area contributed by atoms with Crippen LogP contribution in [0.3, 0.4) is 0 Å². The van der Waals surface area contributed by atoms with Gasteiger partial charge in [0.2, 0.25) is 0 Å². The zero-order chi connectivity index (χ0) is 14.7. The van der Waals surface area contributed by atoms with Crippen molar-refractivity contribution < 1.29 is 9.53 Å². The Hall–Kier alpha value is -1.46. The van der Waals surface area contributed by atoms with Crippen molar-refractivity contribution in [2.24, 2.45) is 0 Å². The molecule has 1 aromatic carbocycles. The molecule has 0 unspecified atom stereocenters. The summed E-state index contributed by atoms with van der Waals surface area (Å²) in [6.45, 7) is 1.60. The van der Waals surface area contributed by atoms with Gasteiger partial charge < -0.3 is 20.7 Å². The molecule has 110 valence electrons. The minimum absolute atomic E-state index is 0.367. The van der Waals surface area contributed by atoms with E-state index in [1.807, 2.05) is 0 Å². The van der Waals surface area contributed by atoms with Gasteiger partial charge in [-0.2, -0.15) is 0 Å². The third-order valence-corrected chi connectivity index (χ3v) is 3.75. The molecule has 1 aliphatic rings. The second-order valence-corrected chi connectivity index (χ2v) is 5.46. The molecule has 5 nitrogen and oxygen atoms in total. The highest BCUT2D eigenvalue weighted by Crippen LogP contribution is 2.30. The normalized spacial score (nSPS) is 14.4. The molecule has 3 N–H and O–H groups in total. The van der Waals surface area contributed by atoms with Crippen LogP contribution in [0.1, 0.15) is 23.2 Å². The van der Waals surface area contributed by atoms with Crippen molar-refractivity contribution >= 4 is 28.9 Å². The molecule has 0 aliphatic heterocycles. The zero-order valence-electron chi connectivity index (χ0n) is 11.8. The van der Waals surface area contributed by atoms with E-state index in [2.05, 4.69) is 17.3 Å². The number of ether oxygens (including phenoxy) is 1. The average molecular weight is 298 g/mol. The number of rotatable bonds is 6. The lowest BCUT2D eigenvalue weighted by Crippen LogP contribution is -2.27.